The molecule has 0 heterocycles. The van der Waals surface area contributed by atoms with Gasteiger partial charge in [0, 0.05) is 15.7 Å². The second-order valence-electron chi connectivity index (χ2n) is 3.25. The molecule has 0 aromatic heterocycles. The molecule has 2 N–H and O–H groups in total. The number of rotatable bonds is 1. The predicted molar refractivity (Wildman–Crippen MR) is 63.9 cm³/mol. The van der Waals surface area contributed by atoms with Crippen LogP contribution in [0.2, 0.25) is 0 Å². The summed E-state index contributed by atoms with van der Waals surface area (Å²) >= 11 is 3.33. The Labute approximate surface area is 95.9 Å². The number of nitrogen functional groups attached to an aromatic ring is 1. The Morgan fingerprint density at radius 1 is 1.00 bits per heavy atom. The Balaban J connectivity index is 2.53. The van der Waals surface area contributed by atoms with Crippen molar-refractivity contribution >= 4 is 21.6 Å². The summed E-state index contributed by atoms with van der Waals surface area (Å²) < 4.78 is 14.5. The summed E-state index contributed by atoms with van der Waals surface area (Å²) in [6, 6.07) is 12.0. The van der Waals surface area contributed by atoms with E-state index in [1.54, 1.807) is 12.1 Å². The van der Waals surface area contributed by atoms with E-state index >= 15 is 0 Å². The van der Waals surface area contributed by atoms with Crippen molar-refractivity contribution in [3.8, 4) is 11.1 Å². The van der Waals surface area contributed by atoms with E-state index in [1.807, 2.05) is 24.3 Å². The lowest BCUT2D eigenvalue weighted by molar-refractivity contribution is 0.631. The Morgan fingerprint density at radius 3 is 2.33 bits per heavy atom. The normalized spacial score (nSPS) is 10.3. The SMILES string of the molecule is Nc1ccc(F)c(-c2ccc(Br)cc2)c1. The number of hydrogen-bond acceptors (Lipinski definition) is 1. The van der Waals surface area contributed by atoms with Gasteiger partial charge < -0.3 is 5.73 Å². The van der Waals surface area contributed by atoms with Crippen LogP contribution in [0.3, 0.4) is 0 Å². The first-order valence-corrected chi connectivity index (χ1v) is 5.27. The Morgan fingerprint density at radius 2 is 1.67 bits per heavy atom. The van der Waals surface area contributed by atoms with Crippen LogP contribution in [0, 0.1) is 5.82 Å². The van der Waals surface area contributed by atoms with Gasteiger partial charge in [-0.15, -0.1) is 0 Å². The minimum atomic E-state index is -0.258. The zero-order chi connectivity index (χ0) is 10.8. The summed E-state index contributed by atoms with van der Waals surface area (Å²) in [6.07, 6.45) is 0. The van der Waals surface area contributed by atoms with E-state index in [-0.39, 0.29) is 5.82 Å². The van der Waals surface area contributed by atoms with E-state index in [1.165, 1.54) is 6.07 Å². The molecule has 0 amide bonds. The number of nitrogens with two attached hydrogens (primary N) is 1. The van der Waals surface area contributed by atoms with E-state index < -0.39 is 0 Å². The van der Waals surface area contributed by atoms with E-state index in [4.69, 9.17) is 5.73 Å². The van der Waals surface area contributed by atoms with Crippen molar-refractivity contribution in [2.45, 2.75) is 0 Å². The van der Waals surface area contributed by atoms with Gasteiger partial charge >= 0.3 is 0 Å². The fourth-order valence-corrected chi connectivity index (χ4v) is 1.66. The third-order valence-corrected chi connectivity index (χ3v) is 2.67. The Kier molecular flexibility index (Phi) is 2.73. The highest BCUT2D eigenvalue weighted by Crippen LogP contribution is 2.26. The van der Waals surface area contributed by atoms with Crippen LogP contribution < -0.4 is 5.73 Å². The maximum absolute atomic E-state index is 13.5. The molecule has 0 bridgehead atoms. The van der Waals surface area contributed by atoms with Crippen molar-refractivity contribution in [2.24, 2.45) is 0 Å². The lowest BCUT2D eigenvalue weighted by atomic mass is 10.0. The van der Waals surface area contributed by atoms with Crippen LogP contribution in [-0.2, 0) is 0 Å². The van der Waals surface area contributed by atoms with Crippen LogP contribution in [-0.4, -0.2) is 0 Å². The molecule has 0 saturated carbocycles. The zero-order valence-electron chi connectivity index (χ0n) is 7.87. The molecule has 1 nitrogen and oxygen atoms in total. The maximum Gasteiger partial charge on any atom is 0.131 e. The Hall–Kier alpha value is -1.35. The van der Waals surface area contributed by atoms with Crippen molar-refractivity contribution in [3.05, 3.63) is 52.8 Å². The first-order valence-electron chi connectivity index (χ1n) is 4.48. The summed E-state index contributed by atoms with van der Waals surface area (Å²) in [5.74, 6) is -0.258. The quantitative estimate of drug-likeness (QED) is 0.780. The van der Waals surface area contributed by atoms with Crippen molar-refractivity contribution in [1.82, 2.24) is 0 Å². The summed E-state index contributed by atoms with van der Waals surface area (Å²) in [5, 5.41) is 0. The molecule has 0 aliphatic rings. The molecule has 0 aliphatic heterocycles. The smallest absolute Gasteiger partial charge is 0.131 e. The zero-order valence-corrected chi connectivity index (χ0v) is 9.46. The number of hydrogen-bond donors (Lipinski definition) is 1. The van der Waals surface area contributed by atoms with Gasteiger partial charge in [0.15, 0.2) is 0 Å². The highest BCUT2D eigenvalue weighted by atomic mass is 79.9. The molecule has 0 saturated heterocycles. The minimum Gasteiger partial charge on any atom is -0.399 e. The molecule has 3 heteroatoms. The minimum absolute atomic E-state index is 0.258. The predicted octanol–water partition coefficient (Wildman–Crippen LogP) is 3.84. The maximum atomic E-state index is 13.5. The van der Waals surface area contributed by atoms with Crippen LogP contribution in [0.5, 0.6) is 0 Å². The molecule has 2 aromatic rings. The number of halogens is 2. The van der Waals surface area contributed by atoms with Crippen molar-refractivity contribution in [1.29, 1.82) is 0 Å². The number of anilines is 1. The highest BCUT2D eigenvalue weighted by molar-refractivity contribution is 9.10. The van der Waals surface area contributed by atoms with Gasteiger partial charge in [0.25, 0.3) is 0 Å². The van der Waals surface area contributed by atoms with Gasteiger partial charge in [0.2, 0.25) is 0 Å². The molecule has 0 radical (unpaired) electrons. The van der Waals surface area contributed by atoms with Crippen LogP contribution in [0.4, 0.5) is 10.1 Å². The van der Waals surface area contributed by atoms with Gasteiger partial charge in [-0.3, -0.25) is 0 Å². The van der Waals surface area contributed by atoms with Crippen LogP contribution >= 0.6 is 15.9 Å². The molecule has 0 spiro atoms. The van der Waals surface area contributed by atoms with E-state index in [0.29, 0.717) is 11.3 Å². The molecule has 0 aliphatic carbocycles. The van der Waals surface area contributed by atoms with E-state index in [9.17, 15) is 4.39 Å². The molecule has 0 fully saturated rings. The van der Waals surface area contributed by atoms with Gasteiger partial charge in [-0.2, -0.15) is 0 Å². The largest absolute Gasteiger partial charge is 0.399 e. The number of benzene rings is 2. The molecular weight excluding hydrogens is 257 g/mol. The standard InChI is InChI=1S/C12H9BrFN/c13-9-3-1-8(2-4-9)11-7-10(15)5-6-12(11)14/h1-7H,15H2. The molecule has 76 valence electrons. The van der Waals surface area contributed by atoms with Gasteiger partial charge in [0.05, 0.1) is 0 Å². The molecule has 0 atom stereocenters. The second kappa shape index (κ2) is 4.03. The van der Waals surface area contributed by atoms with Crippen LogP contribution in [0.1, 0.15) is 0 Å². The third-order valence-electron chi connectivity index (χ3n) is 2.15. The van der Waals surface area contributed by atoms with Crippen molar-refractivity contribution in [3.63, 3.8) is 0 Å². The third kappa shape index (κ3) is 2.18. The monoisotopic (exact) mass is 265 g/mol. The Bertz CT molecular complexity index is 479. The summed E-state index contributed by atoms with van der Waals surface area (Å²) in [5.41, 5.74) is 7.54. The van der Waals surface area contributed by atoms with Gasteiger partial charge in [-0.05, 0) is 35.9 Å². The molecule has 2 rings (SSSR count). The molecular formula is C12H9BrFN. The topological polar surface area (TPSA) is 26.0 Å². The van der Waals surface area contributed by atoms with Gasteiger partial charge in [-0.25, -0.2) is 4.39 Å². The summed E-state index contributed by atoms with van der Waals surface area (Å²) in [6.45, 7) is 0. The highest BCUT2D eigenvalue weighted by Gasteiger charge is 2.04. The van der Waals surface area contributed by atoms with Gasteiger partial charge in [0.1, 0.15) is 5.82 Å². The fraction of sp³-hybridized carbons (Fsp3) is 0. The first-order chi connectivity index (χ1) is 7.16. The average molecular weight is 266 g/mol. The molecule has 0 unspecified atom stereocenters. The van der Waals surface area contributed by atoms with Gasteiger partial charge in [-0.1, -0.05) is 28.1 Å². The fourth-order valence-electron chi connectivity index (χ4n) is 1.39. The van der Waals surface area contributed by atoms with E-state index in [2.05, 4.69) is 15.9 Å². The van der Waals surface area contributed by atoms with Crippen LogP contribution in [0.25, 0.3) is 11.1 Å². The summed E-state index contributed by atoms with van der Waals surface area (Å²) in [4.78, 5) is 0. The molecule has 2 aromatic carbocycles. The first kappa shape index (κ1) is 10.2. The second-order valence-corrected chi connectivity index (χ2v) is 4.16. The van der Waals surface area contributed by atoms with Crippen LogP contribution in [0.15, 0.2) is 46.9 Å². The van der Waals surface area contributed by atoms with Crippen molar-refractivity contribution in [2.75, 3.05) is 5.73 Å². The van der Waals surface area contributed by atoms with E-state index in [0.717, 1.165) is 10.0 Å². The lowest BCUT2D eigenvalue weighted by Gasteiger charge is -2.04. The molecule has 15 heavy (non-hydrogen) atoms. The van der Waals surface area contributed by atoms with Crippen molar-refractivity contribution < 1.29 is 4.39 Å². The lowest BCUT2D eigenvalue weighted by Crippen LogP contribution is -1.89. The average Bonchev–Trinajstić information content (AvgIpc) is 2.23. The summed E-state index contributed by atoms with van der Waals surface area (Å²) in [7, 11) is 0.